The predicted octanol–water partition coefficient (Wildman–Crippen LogP) is 4.11. The van der Waals surface area contributed by atoms with E-state index in [-0.39, 0.29) is 6.10 Å². The highest BCUT2D eigenvalue weighted by molar-refractivity contribution is 4.88. The largest absolute Gasteiger partial charge is 0.393 e. The summed E-state index contributed by atoms with van der Waals surface area (Å²) in [5, 5.41) is 10.2. The van der Waals surface area contributed by atoms with E-state index in [4.69, 9.17) is 0 Å². The van der Waals surface area contributed by atoms with Crippen LogP contribution in [-0.4, -0.2) is 34.7 Å². The highest BCUT2D eigenvalue weighted by Gasteiger charge is 2.34. The Morgan fingerprint density at radius 1 is 0.650 bits per heavy atom. The Labute approximate surface area is 124 Å². The average Bonchev–Trinajstić information content (AvgIpc) is 2.92. The minimum absolute atomic E-state index is 0.00955. The molecule has 0 aromatic rings. The van der Waals surface area contributed by atoms with Gasteiger partial charge in [-0.05, 0) is 44.4 Å². The van der Waals surface area contributed by atoms with Crippen LogP contribution >= 0.6 is 0 Å². The van der Waals surface area contributed by atoms with Crippen molar-refractivity contribution in [1.82, 2.24) is 4.90 Å². The van der Waals surface area contributed by atoms with Gasteiger partial charge in [-0.3, -0.25) is 4.90 Å². The van der Waals surface area contributed by atoms with Gasteiger partial charge in [0.1, 0.15) is 0 Å². The van der Waals surface area contributed by atoms with Gasteiger partial charge < -0.3 is 5.11 Å². The first-order chi connectivity index (χ1) is 9.84. The maximum atomic E-state index is 10.2. The molecule has 3 aliphatic rings. The van der Waals surface area contributed by atoms with E-state index in [1.54, 1.807) is 0 Å². The number of hydrogen-bond donors (Lipinski definition) is 1. The van der Waals surface area contributed by atoms with Crippen LogP contribution in [0.2, 0.25) is 0 Å². The van der Waals surface area contributed by atoms with Gasteiger partial charge in [0.15, 0.2) is 0 Å². The first-order valence-corrected chi connectivity index (χ1v) is 9.28. The Balaban J connectivity index is 1.64. The van der Waals surface area contributed by atoms with E-state index in [9.17, 15) is 5.11 Å². The second-order valence-electron chi connectivity index (χ2n) is 7.54. The van der Waals surface area contributed by atoms with Gasteiger partial charge in [-0.15, -0.1) is 0 Å². The fraction of sp³-hybridized carbons (Fsp3) is 1.00. The zero-order chi connectivity index (χ0) is 13.8. The minimum Gasteiger partial charge on any atom is -0.393 e. The van der Waals surface area contributed by atoms with Gasteiger partial charge in [0, 0.05) is 18.6 Å². The smallest absolute Gasteiger partial charge is 0.0580 e. The van der Waals surface area contributed by atoms with E-state index >= 15 is 0 Å². The van der Waals surface area contributed by atoms with Gasteiger partial charge in [-0.25, -0.2) is 0 Å². The third-order valence-corrected chi connectivity index (χ3v) is 6.15. The molecule has 3 fully saturated rings. The van der Waals surface area contributed by atoms with Crippen LogP contribution in [0.1, 0.15) is 83.5 Å². The Hall–Kier alpha value is -0.0800. The highest BCUT2D eigenvalue weighted by atomic mass is 16.3. The molecule has 0 aromatic carbocycles. The summed E-state index contributed by atoms with van der Waals surface area (Å²) in [5.41, 5.74) is 0. The first kappa shape index (κ1) is 14.8. The lowest BCUT2D eigenvalue weighted by Crippen LogP contribution is -2.48. The van der Waals surface area contributed by atoms with E-state index in [1.165, 1.54) is 83.6 Å². The summed E-state index contributed by atoms with van der Waals surface area (Å²) < 4.78 is 0. The summed E-state index contributed by atoms with van der Waals surface area (Å²) >= 11 is 0. The molecule has 0 saturated heterocycles. The SMILES string of the molecule is OC1CCCC1CN(C1CCCCC1)C1CCCCC1. The van der Waals surface area contributed by atoms with Gasteiger partial charge in [-0.2, -0.15) is 0 Å². The quantitative estimate of drug-likeness (QED) is 0.837. The molecule has 0 aromatic heterocycles. The van der Waals surface area contributed by atoms with Crippen LogP contribution in [0, 0.1) is 5.92 Å². The minimum atomic E-state index is -0.00955. The van der Waals surface area contributed by atoms with E-state index in [2.05, 4.69) is 4.90 Å². The molecule has 2 heteroatoms. The van der Waals surface area contributed by atoms with E-state index < -0.39 is 0 Å². The second kappa shape index (κ2) is 7.26. The molecule has 1 N–H and O–H groups in total. The number of nitrogens with zero attached hydrogens (tertiary/aromatic N) is 1. The van der Waals surface area contributed by atoms with Gasteiger partial charge in [0.2, 0.25) is 0 Å². The van der Waals surface area contributed by atoms with Crippen LogP contribution in [0.3, 0.4) is 0 Å². The summed E-state index contributed by atoms with van der Waals surface area (Å²) in [6, 6.07) is 1.67. The third-order valence-electron chi connectivity index (χ3n) is 6.15. The predicted molar refractivity (Wildman–Crippen MR) is 83.8 cm³/mol. The fourth-order valence-electron chi connectivity index (χ4n) is 4.92. The monoisotopic (exact) mass is 279 g/mol. The Morgan fingerprint density at radius 2 is 1.20 bits per heavy atom. The van der Waals surface area contributed by atoms with Gasteiger partial charge in [-0.1, -0.05) is 44.9 Å². The fourth-order valence-corrected chi connectivity index (χ4v) is 4.92. The first-order valence-electron chi connectivity index (χ1n) is 9.28. The summed E-state index contributed by atoms with van der Waals surface area (Å²) in [4.78, 5) is 2.87. The van der Waals surface area contributed by atoms with E-state index in [1.807, 2.05) is 0 Å². The highest BCUT2D eigenvalue weighted by Crippen LogP contribution is 2.34. The van der Waals surface area contributed by atoms with Crippen molar-refractivity contribution in [3.63, 3.8) is 0 Å². The van der Waals surface area contributed by atoms with E-state index in [0.717, 1.165) is 18.5 Å². The molecule has 20 heavy (non-hydrogen) atoms. The molecule has 2 nitrogen and oxygen atoms in total. The topological polar surface area (TPSA) is 23.5 Å². The van der Waals surface area contributed by atoms with Crippen LogP contribution in [-0.2, 0) is 0 Å². The average molecular weight is 279 g/mol. The number of rotatable bonds is 4. The number of hydrogen-bond acceptors (Lipinski definition) is 2. The van der Waals surface area contributed by atoms with Crippen molar-refractivity contribution in [2.75, 3.05) is 6.54 Å². The molecule has 0 amide bonds. The molecule has 2 atom stereocenters. The Morgan fingerprint density at radius 3 is 1.65 bits per heavy atom. The van der Waals surface area contributed by atoms with Crippen LogP contribution in [0.15, 0.2) is 0 Å². The van der Waals surface area contributed by atoms with Crippen LogP contribution in [0.5, 0.6) is 0 Å². The lowest BCUT2D eigenvalue weighted by Gasteiger charge is -2.43. The van der Waals surface area contributed by atoms with Crippen molar-refractivity contribution in [2.24, 2.45) is 5.92 Å². The maximum Gasteiger partial charge on any atom is 0.0580 e. The zero-order valence-corrected chi connectivity index (χ0v) is 13.1. The molecule has 0 radical (unpaired) electrons. The summed E-state index contributed by atoms with van der Waals surface area (Å²) in [7, 11) is 0. The molecule has 0 spiro atoms. The van der Waals surface area contributed by atoms with Gasteiger partial charge in [0.05, 0.1) is 6.10 Å². The van der Waals surface area contributed by atoms with Crippen molar-refractivity contribution in [1.29, 1.82) is 0 Å². The Bertz CT molecular complexity index is 263. The van der Waals surface area contributed by atoms with Crippen molar-refractivity contribution >= 4 is 0 Å². The number of aliphatic hydroxyl groups excluding tert-OH is 1. The normalized spacial score (nSPS) is 33.9. The lowest BCUT2D eigenvalue weighted by molar-refractivity contribution is 0.0351. The van der Waals surface area contributed by atoms with E-state index in [0.29, 0.717) is 5.92 Å². The molecule has 3 saturated carbocycles. The second-order valence-corrected chi connectivity index (χ2v) is 7.54. The lowest BCUT2D eigenvalue weighted by atomic mass is 9.87. The molecule has 3 rings (SSSR count). The summed E-state index contributed by atoms with van der Waals surface area (Å²) in [6.45, 7) is 1.19. The van der Waals surface area contributed by atoms with Crippen molar-refractivity contribution in [3.05, 3.63) is 0 Å². The molecular formula is C18H33NO. The molecule has 0 bridgehead atoms. The van der Waals surface area contributed by atoms with Crippen LogP contribution in [0.4, 0.5) is 0 Å². The van der Waals surface area contributed by atoms with Gasteiger partial charge >= 0.3 is 0 Å². The van der Waals surface area contributed by atoms with Crippen LogP contribution < -0.4 is 0 Å². The molecule has 3 aliphatic carbocycles. The number of aliphatic hydroxyl groups is 1. The Kier molecular flexibility index (Phi) is 5.39. The molecular weight excluding hydrogens is 246 g/mol. The standard InChI is InChI=1S/C18H33NO/c20-18-13-7-8-15(18)14-19(16-9-3-1-4-10-16)17-11-5-2-6-12-17/h15-18,20H,1-14H2. The zero-order valence-electron chi connectivity index (χ0n) is 13.1. The van der Waals surface area contributed by atoms with Crippen LogP contribution in [0.25, 0.3) is 0 Å². The molecule has 116 valence electrons. The summed E-state index contributed by atoms with van der Waals surface area (Å²) in [5.74, 6) is 0.568. The molecule has 0 aliphatic heterocycles. The molecule has 2 unspecified atom stereocenters. The summed E-state index contributed by atoms with van der Waals surface area (Å²) in [6.07, 6.45) is 17.8. The van der Waals surface area contributed by atoms with Crippen molar-refractivity contribution in [2.45, 2.75) is 102 Å². The van der Waals surface area contributed by atoms with Crippen molar-refractivity contribution in [3.8, 4) is 0 Å². The van der Waals surface area contributed by atoms with Crippen molar-refractivity contribution < 1.29 is 5.11 Å². The molecule has 0 heterocycles. The van der Waals surface area contributed by atoms with Gasteiger partial charge in [0.25, 0.3) is 0 Å². The maximum absolute atomic E-state index is 10.2. The third kappa shape index (κ3) is 3.57.